The van der Waals surface area contributed by atoms with Crippen molar-refractivity contribution in [1.82, 2.24) is 10.6 Å². The average Bonchev–Trinajstić information content (AvgIpc) is 3.00. The molecule has 8 rings (SSSR count). The van der Waals surface area contributed by atoms with E-state index in [0.717, 1.165) is 53.7 Å². The van der Waals surface area contributed by atoms with Crippen LogP contribution in [-0.4, -0.2) is 37.5 Å². The summed E-state index contributed by atoms with van der Waals surface area (Å²) in [5.74, 6) is 3.03. The lowest BCUT2D eigenvalue weighted by Gasteiger charge is -2.31. The fraction of sp³-hybridized carbons (Fsp3) is 0.294. The van der Waals surface area contributed by atoms with Crippen LogP contribution in [0.25, 0.3) is 0 Å². The highest BCUT2D eigenvalue weighted by Gasteiger charge is 2.31. The fourth-order valence-electron chi connectivity index (χ4n) is 6.44. The summed E-state index contributed by atoms with van der Waals surface area (Å²) in [7, 11) is 3.19. The Labute approximate surface area is 244 Å². The van der Waals surface area contributed by atoms with Gasteiger partial charge in [0, 0.05) is 17.6 Å². The zero-order valence-corrected chi connectivity index (χ0v) is 23.7. The van der Waals surface area contributed by atoms with E-state index in [-0.39, 0.29) is 23.6 Å². The number of nitrogens with one attached hydrogen (secondary N) is 2. The van der Waals surface area contributed by atoms with E-state index in [0.29, 0.717) is 47.3 Å². The van der Waals surface area contributed by atoms with Crippen LogP contribution in [0.15, 0.2) is 60.7 Å². The molecular formula is C34H34N2O6. The number of phenols is 2. The number of benzene rings is 4. The van der Waals surface area contributed by atoms with E-state index in [2.05, 4.69) is 10.6 Å². The second kappa shape index (κ2) is 10.8. The zero-order valence-electron chi connectivity index (χ0n) is 23.7. The van der Waals surface area contributed by atoms with Gasteiger partial charge in [-0.3, -0.25) is 0 Å². The van der Waals surface area contributed by atoms with Crippen LogP contribution in [0.5, 0.6) is 46.0 Å². The third-order valence-corrected chi connectivity index (χ3v) is 8.55. The Morgan fingerprint density at radius 1 is 0.714 bits per heavy atom. The van der Waals surface area contributed by atoms with Crippen LogP contribution in [0.2, 0.25) is 0 Å². The molecule has 0 spiro atoms. The van der Waals surface area contributed by atoms with Crippen molar-refractivity contribution in [1.29, 1.82) is 0 Å². The van der Waals surface area contributed by atoms with Crippen molar-refractivity contribution < 1.29 is 29.2 Å². The van der Waals surface area contributed by atoms with Crippen molar-refractivity contribution in [3.05, 3.63) is 94.0 Å². The molecule has 0 amide bonds. The molecule has 42 heavy (non-hydrogen) atoms. The van der Waals surface area contributed by atoms with Gasteiger partial charge in [-0.2, -0.15) is 0 Å². The van der Waals surface area contributed by atoms with Gasteiger partial charge in [0.1, 0.15) is 5.75 Å². The van der Waals surface area contributed by atoms with E-state index in [1.165, 1.54) is 5.56 Å². The first kappa shape index (κ1) is 26.5. The van der Waals surface area contributed by atoms with Gasteiger partial charge < -0.3 is 39.8 Å². The van der Waals surface area contributed by atoms with Crippen LogP contribution in [0.3, 0.4) is 0 Å². The van der Waals surface area contributed by atoms with Crippen LogP contribution < -0.4 is 29.6 Å². The summed E-state index contributed by atoms with van der Waals surface area (Å²) >= 11 is 0. The molecule has 0 unspecified atom stereocenters. The third kappa shape index (κ3) is 4.76. The van der Waals surface area contributed by atoms with Gasteiger partial charge in [-0.15, -0.1) is 0 Å². The largest absolute Gasteiger partial charge is 0.504 e. The second-order valence-electron chi connectivity index (χ2n) is 11.1. The summed E-state index contributed by atoms with van der Waals surface area (Å²) in [5.41, 5.74) is 6.39. The lowest BCUT2D eigenvalue weighted by molar-refractivity contribution is 0.334. The first-order chi connectivity index (χ1) is 20.5. The Morgan fingerprint density at radius 2 is 1.40 bits per heavy atom. The fourth-order valence-corrected chi connectivity index (χ4v) is 6.44. The van der Waals surface area contributed by atoms with Gasteiger partial charge in [0.15, 0.2) is 34.5 Å². The van der Waals surface area contributed by atoms with Gasteiger partial charge in [-0.05, 0) is 109 Å². The van der Waals surface area contributed by atoms with Gasteiger partial charge in [-0.25, -0.2) is 0 Å². The van der Waals surface area contributed by atoms with Crippen molar-refractivity contribution in [2.45, 2.75) is 37.8 Å². The topological polar surface area (TPSA) is 101 Å². The minimum Gasteiger partial charge on any atom is -0.504 e. The molecule has 8 nitrogen and oxygen atoms in total. The average molecular weight is 567 g/mol. The Hall–Kier alpha value is -4.40. The monoisotopic (exact) mass is 566 g/mol. The smallest absolute Gasteiger partial charge is 0.201 e. The van der Waals surface area contributed by atoms with E-state index in [9.17, 15) is 10.2 Å². The molecule has 4 aromatic rings. The van der Waals surface area contributed by atoms with Gasteiger partial charge in [0.2, 0.25) is 5.75 Å². The molecule has 2 atom stereocenters. The number of phenolic OH excluding ortho intramolecular Hbond substituents is 2. The minimum atomic E-state index is -0.107. The Bertz CT molecular complexity index is 1650. The highest BCUT2D eigenvalue weighted by Crippen LogP contribution is 2.49. The van der Waals surface area contributed by atoms with Crippen molar-refractivity contribution >= 4 is 0 Å². The second-order valence-corrected chi connectivity index (χ2v) is 11.1. The molecule has 0 saturated heterocycles. The predicted octanol–water partition coefficient (Wildman–Crippen LogP) is 5.87. The SMILES string of the molecule is COc1cc2c3cc1Oc1c(O)c(OC)cc4c1[C@@H](Cc1ccc(cc1)Oc1cc(ccc1O)C[C@@H]3NCC2)NCC4. The van der Waals surface area contributed by atoms with Crippen LogP contribution in [0.4, 0.5) is 0 Å². The van der Waals surface area contributed by atoms with Crippen molar-refractivity contribution in [2.24, 2.45) is 0 Å². The first-order valence-electron chi connectivity index (χ1n) is 14.4. The van der Waals surface area contributed by atoms with E-state index >= 15 is 0 Å². The highest BCUT2D eigenvalue weighted by atomic mass is 16.5. The quantitative estimate of drug-likeness (QED) is 0.239. The van der Waals surface area contributed by atoms with Crippen molar-refractivity contribution in [2.75, 3.05) is 27.3 Å². The number of hydrogen-bond acceptors (Lipinski definition) is 8. The van der Waals surface area contributed by atoms with Crippen LogP contribution in [-0.2, 0) is 25.7 Å². The maximum atomic E-state index is 11.4. The number of rotatable bonds is 2. The van der Waals surface area contributed by atoms with Gasteiger partial charge in [0.25, 0.3) is 0 Å². The van der Waals surface area contributed by atoms with Crippen LogP contribution >= 0.6 is 0 Å². The molecular weight excluding hydrogens is 532 g/mol. The number of fused-ring (bicyclic) bond motifs is 2. The molecule has 6 bridgehead atoms. The molecule has 0 saturated carbocycles. The van der Waals surface area contributed by atoms with E-state index in [1.807, 2.05) is 54.6 Å². The van der Waals surface area contributed by atoms with E-state index in [1.54, 1.807) is 20.3 Å². The molecule has 8 heteroatoms. The van der Waals surface area contributed by atoms with Crippen molar-refractivity contribution in [3.63, 3.8) is 0 Å². The van der Waals surface area contributed by atoms with Gasteiger partial charge in [-0.1, -0.05) is 18.2 Å². The summed E-state index contributed by atoms with van der Waals surface area (Å²) in [6.45, 7) is 1.61. The molecule has 216 valence electrons. The Kier molecular flexibility index (Phi) is 6.80. The first-order valence-corrected chi connectivity index (χ1v) is 14.4. The Balaban J connectivity index is 1.42. The summed E-state index contributed by atoms with van der Waals surface area (Å²) in [5, 5.41) is 29.3. The molecule has 4 N–H and O–H groups in total. The highest BCUT2D eigenvalue weighted by molar-refractivity contribution is 5.63. The number of ether oxygens (including phenoxy) is 4. The molecule has 4 aliphatic rings. The lowest BCUT2D eigenvalue weighted by atomic mass is 9.88. The number of methoxy groups -OCH3 is 2. The molecule has 0 radical (unpaired) electrons. The van der Waals surface area contributed by atoms with Crippen LogP contribution in [0.1, 0.15) is 45.5 Å². The van der Waals surface area contributed by atoms with Crippen molar-refractivity contribution in [3.8, 4) is 46.0 Å². The molecule has 0 aromatic heterocycles. The van der Waals surface area contributed by atoms with Gasteiger partial charge in [0.05, 0.1) is 14.2 Å². The number of aromatic hydroxyl groups is 2. The zero-order chi connectivity index (χ0) is 28.8. The van der Waals surface area contributed by atoms with E-state index < -0.39 is 0 Å². The Morgan fingerprint density at radius 3 is 2.19 bits per heavy atom. The van der Waals surface area contributed by atoms with Crippen LogP contribution in [0, 0.1) is 0 Å². The molecule has 4 aromatic carbocycles. The molecule has 0 aliphatic carbocycles. The predicted molar refractivity (Wildman–Crippen MR) is 159 cm³/mol. The maximum absolute atomic E-state index is 11.4. The number of hydrogen-bond donors (Lipinski definition) is 4. The third-order valence-electron chi connectivity index (χ3n) is 8.55. The summed E-state index contributed by atoms with van der Waals surface area (Å²) in [6, 6.07) is 19.3. The molecule has 4 heterocycles. The standard InChI is InChI=1S/C34H34N2O6/c1-39-29-16-21-9-11-35-25-14-20-5-8-27(37)28(15-20)41-23-6-3-19(4-7-23)13-26-32-22(10-12-36-26)17-31(40-2)33(38)34(32)42-30(29)18-24(21)25/h3-8,15-18,25-26,35-38H,9-14H2,1-2H3/t25-,26+/m0/s1. The maximum Gasteiger partial charge on any atom is 0.201 e. The summed E-state index contributed by atoms with van der Waals surface area (Å²) in [4.78, 5) is 0. The summed E-state index contributed by atoms with van der Waals surface area (Å²) in [6.07, 6.45) is 2.98. The molecule has 4 aliphatic heterocycles. The molecule has 0 fully saturated rings. The normalized spacial score (nSPS) is 19.0. The lowest BCUT2D eigenvalue weighted by Crippen LogP contribution is -2.32. The minimum absolute atomic E-state index is 0.000183. The summed E-state index contributed by atoms with van der Waals surface area (Å²) < 4.78 is 24.2. The van der Waals surface area contributed by atoms with Gasteiger partial charge >= 0.3 is 0 Å². The van der Waals surface area contributed by atoms with E-state index in [4.69, 9.17) is 18.9 Å².